The van der Waals surface area contributed by atoms with Gasteiger partial charge in [-0.2, -0.15) is 5.26 Å². The molecule has 0 amide bonds. The lowest BCUT2D eigenvalue weighted by molar-refractivity contribution is -0.0551. The van der Waals surface area contributed by atoms with Gasteiger partial charge in [0.1, 0.15) is 18.3 Å². The molecule has 0 saturated carbocycles. The van der Waals surface area contributed by atoms with E-state index in [2.05, 4.69) is 26.2 Å². The zero-order chi connectivity index (χ0) is 17.1. The first-order valence-corrected chi connectivity index (χ1v) is 7.75. The monoisotopic (exact) mass is 390 g/mol. The Morgan fingerprint density at radius 3 is 2.70 bits per heavy atom. The van der Waals surface area contributed by atoms with Gasteiger partial charge < -0.3 is 25.4 Å². The number of aliphatic hydroxyl groups excluding tert-OH is 3. The molecular weight excluding hydrogens is 376 g/mol. The molecule has 1 aromatic heterocycles. The van der Waals surface area contributed by atoms with E-state index in [4.69, 9.17) is 15.1 Å². The number of nitriles is 1. The Balaban J connectivity index is 2.46. The summed E-state index contributed by atoms with van der Waals surface area (Å²) in [6.45, 7) is -0.542. The Labute approximate surface area is 138 Å². The fraction of sp³-hybridized carbons (Fsp3) is 0.583. The van der Waals surface area contributed by atoms with Gasteiger partial charge in [-0.3, -0.25) is 14.3 Å². The van der Waals surface area contributed by atoms with Crippen molar-refractivity contribution in [2.45, 2.75) is 30.6 Å². The molecule has 0 aliphatic carbocycles. The number of hydrogen-bond acceptors (Lipinski definition) is 8. The van der Waals surface area contributed by atoms with Gasteiger partial charge in [0.15, 0.2) is 12.4 Å². The summed E-state index contributed by atoms with van der Waals surface area (Å²) in [4.78, 5) is 26.0. The predicted molar refractivity (Wildman–Crippen MR) is 79.6 cm³/mol. The third-order valence-corrected chi connectivity index (χ3v) is 4.20. The first-order chi connectivity index (χ1) is 10.9. The number of aromatic nitrogens is 2. The molecule has 5 N–H and O–H groups in total. The number of halogens is 1. The summed E-state index contributed by atoms with van der Waals surface area (Å²) in [5.41, 5.74) is -1.47. The molecule has 0 aromatic carbocycles. The molecule has 1 unspecified atom stereocenters. The van der Waals surface area contributed by atoms with Crippen LogP contribution in [0.2, 0.25) is 0 Å². The van der Waals surface area contributed by atoms with Crippen molar-refractivity contribution >= 4 is 15.9 Å². The third kappa shape index (κ3) is 3.31. The van der Waals surface area contributed by atoms with Crippen LogP contribution in [0, 0.1) is 11.5 Å². The lowest BCUT2D eigenvalue weighted by Crippen LogP contribution is -2.40. The summed E-state index contributed by atoms with van der Waals surface area (Å²) in [5, 5.41) is 40.2. The predicted octanol–water partition coefficient (Wildman–Crippen LogP) is -2.35. The quantitative estimate of drug-likeness (QED) is 0.212. The lowest BCUT2D eigenvalue weighted by atomic mass is 10.1. The molecule has 0 spiro atoms. The molecule has 23 heavy (non-hydrogen) atoms. The molecule has 5 atom stereocenters. The van der Waals surface area contributed by atoms with Gasteiger partial charge in [0.25, 0.3) is 5.56 Å². The molecule has 0 radical (unpaired) electrons. The standard InChI is InChI=1S/C12H15BrN4O6/c13-1-6(15-4-14)5-2-17(12(22)16-10(5)21)11-9(20)8(19)7(3-18)23-11/h2,6-9,11,15,18-20H,1,3H2,(H,16,21,22)/t6?,7-,8-,9+,11-/m1/s1. The average molecular weight is 391 g/mol. The minimum atomic E-state index is -1.46. The zero-order valence-corrected chi connectivity index (χ0v) is 13.3. The van der Waals surface area contributed by atoms with Crippen LogP contribution in [0.3, 0.4) is 0 Å². The fourth-order valence-electron chi connectivity index (χ4n) is 2.33. The van der Waals surface area contributed by atoms with Crippen molar-refractivity contribution in [2.75, 3.05) is 11.9 Å². The molecular formula is C12H15BrN4O6. The highest BCUT2D eigenvalue weighted by molar-refractivity contribution is 9.09. The number of alkyl halides is 1. The van der Waals surface area contributed by atoms with Crippen LogP contribution in [-0.4, -0.2) is 55.1 Å². The number of aliphatic hydroxyl groups is 3. The smallest absolute Gasteiger partial charge is 0.330 e. The SMILES string of the molecule is N#CNC(CBr)c1cn([C@@H]2O[C@H](CO)[C@@H](O)[C@@H]2O)c(=O)[nH]c1=O. The molecule has 126 valence electrons. The van der Waals surface area contributed by atoms with Crippen molar-refractivity contribution in [3.8, 4) is 6.19 Å². The summed E-state index contributed by atoms with van der Waals surface area (Å²) < 4.78 is 6.18. The van der Waals surface area contributed by atoms with Crippen LogP contribution in [0.4, 0.5) is 0 Å². The van der Waals surface area contributed by atoms with E-state index in [0.717, 1.165) is 10.8 Å². The van der Waals surface area contributed by atoms with Crippen LogP contribution >= 0.6 is 15.9 Å². The Kier molecular flexibility index (Phi) is 5.55. The minimum absolute atomic E-state index is 0.0702. The number of nitrogens with one attached hydrogen (secondary N) is 2. The van der Waals surface area contributed by atoms with Crippen molar-refractivity contribution in [3.05, 3.63) is 32.6 Å². The number of aromatic amines is 1. The molecule has 10 nitrogen and oxygen atoms in total. The maximum absolute atomic E-state index is 12.0. The highest BCUT2D eigenvalue weighted by Gasteiger charge is 2.44. The van der Waals surface area contributed by atoms with E-state index in [1.165, 1.54) is 0 Å². The molecule has 1 aliphatic rings. The normalized spacial score (nSPS) is 28.3. The van der Waals surface area contributed by atoms with Crippen LogP contribution in [-0.2, 0) is 4.74 Å². The topological polar surface area (TPSA) is 161 Å². The van der Waals surface area contributed by atoms with Gasteiger partial charge in [-0.25, -0.2) is 4.79 Å². The minimum Gasteiger partial charge on any atom is -0.394 e. The number of H-pyrrole nitrogens is 1. The molecule has 2 heterocycles. The second-order valence-corrected chi connectivity index (χ2v) is 5.59. The highest BCUT2D eigenvalue weighted by atomic mass is 79.9. The summed E-state index contributed by atoms with van der Waals surface area (Å²) in [6.07, 6.45) is -2.31. The molecule has 1 aromatic rings. The van der Waals surface area contributed by atoms with Gasteiger partial charge in [-0.1, -0.05) is 15.9 Å². The van der Waals surface area contributed by atoms with Crippen LogP contribution in [0.5, 0.6) is 0 Å². The number of ether oxygens (including phenoxy) is 1. The van der Waals surface area contributed by atoms with Gasteiger partial charge in [-0.15, -0.1) is 0 Å². The van der Waals surface area contributed by atoms with E-state index < -0.39 is 48.4 Å². The molecule has 1 saturated heterocycles. The Hall–Kier alpha value is -1.71. The average Bonchev–Trinajstić information content (AvgIpc) is 2.81. The van der Waals surface area contributed by atoms with Gasteiger partial charge in [0.2, 0.25) is 0 Å². The van der Waals surface area contributed by atoms with Crippen LogP contribution in [0.1, 0.15) is 17.8 Å². The Bertz CT molecular complexity index is 713. The Morgan fingerprint density at radius 1 is 1.48 bits per heavy atom. The van der Waals surface area contributed by atoms with Crippen molar-refractivity contribution in [1.29, 1.82) is 5.26 Å². The highest BCUT2D eigenvalue weighted by Crippen LogP contribution is 2.28. The van der Waals surface area contributed by atoms with Crippen molar-refractivity contribution in [1.82, 2.24) is 14.9 Å². The van der Waals surface area contributed by atoms with E-state index in [1.54, 1.807) is 6.19 Å². The molecule has 0 bridgehead atoms. The van der Waals surface area contributed by atoms with Gasteiger partial charge in [0, 0.05) is 11.5 Å². The number of hydrogen-bond donors (Lipinski definition) is 5. The second-order valence-electron chi connectivity index (χ2n) is 4.94. The maximum Gasteiger partial charge on any atom is 0.330 e. The van der Waals surface area contributed by atoms with E-state index in [9.17, 15) is 19.8 Å². The van der Waals surface area contributed by atoms with E-state index in [1.807, 2.05) is 0 Å². The van der Waals surface area contributed by atoms with E-state index in [0.29, 0.717) is 0 Å². The summed E-state index contributed by atoms with van der Waals surface area (Å²) >= 11 is 3.15. The van der Waals surface area contributed by atoms with Gasteiger partial charge in [-0.05, 0) is 0 Å². The molecule has 1 fully saturated rings. The molecule has 1 aliphatic heterocycles. The first kappa shape index (κ1) is 17.6. The Morgan fingerprint density at radius 2 is 2.17 bits per heavy atom. The van der Waals surface area contributed by atoms with Crippen molar-refractivity contribution in [3.63, 3.8) is 0 Å². The van der Waals surface area contributed by atoms with Crippen LogP contribution < -0.4 is 16.6 Å². The second kappa shape index (κ2) is 7.24. The summed E-state index contributed by atoms with van der Waals surface area (Å²) in [6, 6.07) is -0.701. The summed E-state index contributed by atoms with van der Waals surface area (Å²) in [5.74, 6) is 0. The van der Waals surface area contributed by atoms with E-state index in [-0.39, 0.29) is 10.9 Å². The van der Waals surface area contributed by atoms with Gasteiger partial charge >= 0.3 is 5.69 Å². The summed E-state index contributed by atoms with van der Waals surface area (Å²) in [7, 11) is 0. The van der Waals surface area contributed by atoms with Crippen LogP contribution in [0.25, 0.3) is 0 Å². The van der Waals surface area contributed by atoms with Crippen molar-refractivity contribution < 1.29 is 20.1 Å². The number of nitrogens with zero attached hydrogens (tertiary/aromatic N) is 2. The number of rotatable bonds is 5. The van der Waals surface area contributed by atoms with Crippen molar-refractivity contribution in [2.24, 2.45) is 0 Å². The van der Waals surface area contributed by atoms with Crippen LogP contribution in [0.15, 0.2) is 15.8 Å². The largest absolute Gasteiger partial charge is 0.394 e. The molecule has 11 heteroatoms. The first-order valence-electron chi connectivity index (χ1n) is 6.63. The van der Waals surface area contributed by atoms with Gasteiger partial charge in [0.05, 0.1) is 18.2 Å². The lowest BCUT2D eigenvalue weighted by Gasteiger charge is -2.19. The van der Waals surface area contributed by atoms with E-state index >= 15 is 0 Å². The third-order valence-electron chi connectivity index (χ3n) is 3.56. The zero-order valence-electron chi connectivity index (χ0n) is 11.7. The fourth-order valence-corrected chi connectivity index (χ4v) is 2.84. The molecule has 2 rings (SSSR count). The maximum atomic E-state index is 12.0.